The average Bonchev–Trinajstić information content (AvgIpc) is 2.56. The lowest BCUT2D eigenvalue weighted by Gasteiger charge is -2.34. The van der Waals surface area contributed by atoms with Gasteiger partial charge in [-0.2, -0.15) is 4.31 Å². The normalized spacial score (nSPS) is 19.6. The smallest absolute Gasteiger partial charge is 0.243 e. The maximum Gasteiger partial charge on any atom is 0.243 e. The second kappa shape index (κ2) is 6.29. The van der Waals surface area contributed by atoms with Crippen molar-refractivity contribution in [2.75, 3.05) is 12.3 Å². The molecular weight excluding hydrogens is 310 g/mol. The van der Waals surface area contributed by atoms with E-state index in [1.54, 1.807) is 28.7 Å². The summed E-state index contributed by atoms with van der Waals surface area (Å²) >= 11 is 0. The van der Waals surface area contributed by atoms with Crippen LogP contribution in [0.3, 0.4) is 0 Å². The van der Waals surface area contributed by atoms with E-state index < -0.39 is 10.0 Å². The van der Waals surface area contributed by atoms with Gasteiger partial charge >= 0.3 is 0 Å². The van der Waals surface area contributed by atoms with Crippen molar-refractivity contribution < 1.29 is 8.42 Å². The van der Waals surface area contributed by atoms with E-state index in [0.29, 0.717) is 17.3 Å². The summed E-state index contributed by atoms with van der Waals surface area (Å²) in [5.41, 5.74) is 7.58. The Morgan fingerprint density at radius 3 is 2.52 bits per heavy atom. The molecule has 0 bridgehead atoms. The van der Waals surface area contributed by atoms with Gasteiger partial charge in [-0.3, -0.25) is 0 Å². The highest BCUT2D eigenvalue weighted by Crippen LogP contribution is 2.35. The van der Waals surface area contributed by atoms with Gasteiger partial charge in [-0.15, -0.1) is 0 Å². The molecule has 0 radical (unpaired) electrons. The molecule has 0 amide bonds. The summed E-state index contributed by atoms with van der Waals surface area (Å²) in [4.78, 5) is 4.46. The number of benzene rings is 1. The molecule has 6 heteroatoms. The summed E-state index contributed by atoms with van der Waals surface area (Å²) in [6.07, 6.45) is 4.37. The Bertz CT molecular complexity index is 770. The van der Waals surface area contributed by atoms with Gasteiger partial charge in [-0.05, 0) is 43.5 Å². The Labute approximate surface area is 137 Å². The van der Waals surface area contributed by atoms with Crippen molar-refractivity contribution in [3.05, 3.63) is 53.7 Å². The zero-order chi connectivity index (χ0) is 16.4. The fourth-order valence-electron chi connectivity index (χ4n) is 2.99. The van der Waals surface area contributed by atoms with Crippen LogP contribution in [0.25, 0.3) is 0 Å². The van der Waals surface area contributed by atoms with Crippen LogP contribution < -0.4 is 5.73 Å². The van der Waals surface area contributed by atoms with Crippen LogP contribution in [-0.2, 0) is 10.0 Å². The molecule has 1 fully saturated rings. The van der Waals surface area contributed by atoms with Crippen molar-refractivity contribution in [2.45, 2.75) is 37.1 Å². The van der Waals surface area contributed by atoms with E-state index in [0.717, 1.165) is 30.4 Å². The number of sulfonamides is 1. The predicted molar refractivity (Wildman–Crippen MR) is 90.3 cm³/mol. The SMILES string of the molecule is Cc1ccc(S(=O)(=O)N2CCCC[C@H]2c2ccc(N)nc2)cc1. The fourth-order valence-corrected chi connectivity index (χ4v) is 4.67. The van der Waals surface area contributed by atoms with Crippen LogP contribution in [0.15, 0.2) is 47.5 Å². The average molecular weight is 331 g/mol. The van der Waals surface area contributed by atoms with Gasteiger partial charge in [-0.25, -0.2) is 13.4 Å². The Morgan fingerprint density at radius 1 is 1.13 bits per heavy atom. The van der Waals surface area contributed by atoms with E-state index in [9.17, 15) is 8.42 Å². The van der Waals surface area contributed by atoms with Crippen molar-refractivity contribution in [1.82, 2.24) is 9.29 Å². The van der Waals surface area contributed by atoms with E-state index in [2.05, 4.69) is 4.98 Å². The van der Waals surface area contributed by atoms with Crippen molar-refractivity contribution in [3.8, 4) is 0 Å². The van der Waals surface area contributed by atoms with Crippen LogP contribution in [0.5, 0.6) is 0 Å². The van der Waals surface area contributed by atoms with E-state index in [4.69, 9.17) is 5.73 Å². The second-order valence-electron chi connectivity index (χ2n) is 5.96. The highest BCUT2D eigenvalue weighted by Gasteiger charge is 2.34. The molecule has 2 heterocycles. The molecule has 0 aliphatic carbocycles. The quantitative estimate of drug-likeness (QED) is 0.938. The van der Waals surface area contributed by atoms with E-state index in [1.807, 2.05) is 25.1 Å². The van der Waals surface area contributed by atoms with Crippen molar-refractivity contribution >= 4 is 15.8 Å². The summed E-state index contributed by atoms with van der Waals surface area (Å²) in [7, 11) is -3.51. The molecule has 1 aliphatic rings. The standard InChI is InChI=1S/C17H21N3O2S/c1-13-5-8-15(9-6-13)23(21,22)20-11-3-2-4-16(20)14-7-10-17(18)19-12-14/h5-10,12,16H,2-4,11H2,1H3,(H2,18,19)/t16-/m0/s1. The predicted octanol–water partition coefficient (Wildman–Crippen LogP) is 2.89. The zero-order valence-electron chi connectivity index (χ0n) is 13.1. The first-order chi connectivity index (χ1) is 11.0. The Hall–Kier alpha value is -1.92. The topological polar surface area (TPSA) is 76.3 Å². The monoisotopic (exact) mass is 331 g/mol. The number of aromatic nitrogens is 1. The molecular formula is C17H21N3O2S. The second-order valence-corrected chi connectivity index (χ2v) is 7.85. The van der Waals surface area contributed by atoms with E-state index in [1.165, 1.54) is 0 Å². The minimum absolute atomic E-state index is 0.178. The summed E-state index contributed by atoms with van der Waals surface area (Å²) in [6.45, 7) is 2.48. The molecule has 122 valence electrons. The molecule has 3 rings (SSSR count). The zero-order valence-corrected chi connectivity index (χ0v) is 14.0. The Balaban J connectivity index is 1.97. The molecule has 5 nitrogen and oxygen atoms in total. The van der Waals surface area contributed by atoms with Gasteiger partial charge in [0.1, 0.15) is 5.82 Å². The molecule has 1 aliphatic heterocycles. The molecule has 0 saturated carbocycles. The molecule has 0 unspecified atom stereocenters. The first kappa shape index (κ1) is 16.0. The lowest BCUT2D eigenvalue weighted by Crippen LogP contribution is -2.38. The Kier molecular flexibility index (Phi) is 4.37. The van der Waals surface area contributed by atoms with Crippen LogP contribution in [0, 0.1) is 6.92 Å². The number of hydrogen-bond acceptors (Lipinski definition) is 4. The third-order valence-electron chi connectivity index (χ3n) is 4.28. The largest absolute Gasteiger partial charge is 0.384 e. The first-order valence-corrected chi connectivity index (χ1v) is 9.22. The molecule has 1 atom stereocenters. The molecule has 1 aromatic heterocycles. The van der Waals surface area contributed by atoms with Gasteiger partial charge in [-0.1, -0.05) is 30.2 Å². The minimum atomic E-state index is -3.51. The van der Waals surface area contributed by atoms with Crippen LogP contribution >= 0.6 is 0 Å². The van der Waals surface area contributed by atoms with Crippen LogP contribution in [0.2, 0.25) is 0 Å². The number of anilines is 1. The Morgan fingerprint density at radius 2 is 1.87 bits per heavy atom. The number of pyridine rings is 1. The highest BCUT2D eigenvalue weighted by atomic mass is 32.2. The summed E-state index contributed by atoms with van der Waals surface area (Å²) < 4.78 is 27.7. The van der Waals surface area contributed by atoms with Crippen LogP contribution in [-0.4, -0.2) is 24.3 Å². The van der Waals surface area contributed by atoms with Gasteiger partial charge in [0.25, 0.3) is 0 Å². The third kappa shape index (κ3) is 3.23. The van der Waals surface area contributed by atoms with Gasteiger partial charge in [0.05, 0.1) is 10.9 Å². The van der Waals surface area contributed by atoms with E-state index >= 15 is 0 Å². The van der Waals surface area contributed by atoms with Crippen molar-refractivity contribution in [2.24, 2.45) is 0 Å². The van der Waals surface area contributed by atoms with Crippen LogP contribution in [0.4, 0.5) is 5.82 Å². The molecule has 0 spiro atoms. The number of piperidine rings is 1. The molecule has 2 aromatic rings. The minimum Gasteiger partial charge on any atom is -0.384 e. The number of rotatable bonds is 3. The number of aryl methyl sites for hydroxylation is 1. The van der Waals surface area contributed by atoms with Gasteiger partial charge < -0.3 is 5.73 Å². The number of nitrogens with two attached hydrogens (primary N) is 1. The number of hydrogen-bond donors (Lipinski definition) is 1. The molecule has 1 saturated heterocycles. The van der Waals surface area contributed by atoms with Gasteiger partial charge in [0.15, 0.2) is 0 Å². The van der Waals surface area contributed by atoms with Gasteiger partial charge in [0.2, 0.25) is 10.0 Å². The summed E-state index contributed by atoms with van der Waals surface area (Å²) in [5, 5.41) is 0. The third-order valence-corrected chi connectivity index (χ3v) is 6.20. The number of nitrogen functional groups attached to an aromatic ring is 1. The number of nitrogens with zero attached hydrogens (tertiary/aromatic N) is 2. The van der Waals surface area contributed by atoms with Gasteiger partial charge in [0, 0.05) is 12.7 Å². The lowest BCUT2D eigenvalue weighted by molar-refractivity contribution is 0.255. The molecule has 2 N–H and O–H groups in total. The van der Waals surface area contributed by atoms with Crippen LogP contribution in [0.1, 0.15) is 36.4 Å². The van der Waals surface area contributed by atoms with E-state index in [-0.39, 0.29) is 6.04 Å². The highest BCUT2D eigenvalue weighted by molar-refractivity contribution is 7.89. The maximum atomic E-state index is 13.0. The molecule has 23 heavy (non-hydrogen) atoms. The lowest BCUT2D eigenvalue weighted by atomic mass is 9.99. The van der Waals surface area contributed by atoms with Crippen molar-refractivity contribution in [3.63, 3.8) is 0 Å². The fraction of sp³-hybridized carbons (Fsp3) is 0.353. The summed E-state index contributed by atoms with van der Waals surface area (Å²) in [6, 6.07) is 10.4. The molecule has 1 aromatic carbocycles. The van der Waals surface area contributed by atoms with Crippen molar-refractivity contribution in [1.29, 1.82) is 0 Å². The maximum absolute atomic E-state index is 13.0. The first-order valence-electron chi connectivity index (χ1n) is 7.78. The summed E-state index contributed by atoms with van der Waals surface area (Å²) in [5.74, 6) is 0.442.